The van der Waals surface area contributed by atoms with Gasteiger partial charge in [-0.15, -0.1) is 11.3 Å². The van der Waals surface area contributed by atoms with E-state index >= 15 is 0 Å². The van der Waals surface area contributed by atoms with Gasteiger partial charge in [-0.1, -0.05) is 18.2 Å². The molecule has 0 bridgehead atoms. The standard InChI is InChI=1S/C19H18N4OS/c24-17-11-15(12-6-8-20-9-7-12)23-19(21-17)18-13(16-5-2-10-25-16)3-1-4-14(18)22-23/h1-5,10-12,20H,6-9H2,(H,21,24). The van der Waals surface area contributed by atoms with Crippen molar-refractivity contribution < 1.29 is 0 Å². The quantitative estimate of drug-likeness (QED) is 0.583. The molecule has 0 aliphatic carbocycles. The van der Waals surface area contributed by atoms with Gasteiger partial charge in [-0.3, -0.25) is 4.79 Å². The molecule has 5 nitrogen and oxygen atoms in total. The van der Waals surface area contributed by atoms with Gasteiger partial charge in [0.15, 0.2) is 0 Å². The van der Waals surface area contributed by atoms with Crippen molar-refractivity contribution in [3.8, 4) is 10.4 Å². The summed E-state index contributed by atoms with van der Waals surface area (Å²) in [5.41, 5.74) is 3.82. The maximum absolute atomic E-state index is 12.4. The maximum Gasteiger partial charge on any atom is 0.251 e. The second-order valence-corrected chi connectivity index (χ2v) is 7.47. The van der Waals surface area contributed by atoms with Gasteiger partial charge in [0, 0.05) is 22.4 Å². The summed E-state index contributed by atoms with van der Waals surface area (Å²) in [5.74, 6) is 0.366. The van der Waals surface area contributed by atoms with E-state index in [0.29, 0.717) is 5.92 Å². The third-order valence-corrected chi connectivity index (χ3v) is 5.91. The molecule has 25 heavy (non-hydrogen) atoms. The van der Waals surface area contributed by atoms with Crippen molar-refractivity contribution in [2.75, 3.05) is 13.1 Å². The zero-order valence-electron chi connectivity index (χ0n) is 13.7. The van der Waals surface area contributed by atoms with E-state index in [4.69, 9.17) is 5.10 Å². The fourth-order valence-electron chi connectivity index (χ4n) is 3.83. The highest BCUT2D eigenvalue weighted by atomic mass is 32.1. The van der Waals surface area contributed by atoms with E-state index in [1.807, 2.05) is 22.7 Å². The van der Waals surface area contributed by atoms with E-state index in [9.17, 15) is 4.79 Å². The molecule has 0 atom stereocenters. The Labute approximate surface area is 148 Å². The summed E-state index contributed by atoms with van der Waals surface area (Å²) in [6.07, 6.45) is 2.07. The number of benzene rings is 1. The monoisotopic (exact) mass is 350 g/mol. The molecular weight excluding hydrogens is 332 g/mol. The third-order valence-electron chi connectivity index (χ3n) is 5.01. The van der Waals surface area contributed by atoms with Crippen LogP contribution < -0.4 is 10.9 Å². The average Bonchev–Trinajstić information content (AvgIpc) is 3.29. The zero-order valence-corrected chi connectivity index (χ0v) is 14.5. The molecule has 6 heteroatoms. The Morgan fingerprint density at radius 2 is 2.04 bits per heavy atom. The molecule has 1 aliphatic rings. The van der Waals surface area contributed by atoms with Crippen molar-refractivity contribution in [1.29, 1.82) is 0 Å². The van der Waals surface area contributed by atoms with E-state index in [-0.39, 0.29) is 5.56 Å². The number of hydrogen-bond acceptors (Lipinski definition) is 4. The highest BCUT2D eigenvalue weighted by molar-refractivity contribution is 7.13. The lowest BCUT2D eigenvalue weighted by atomic mass is 9.94. The first-order valence-electron chi connectivity index (χ1n) is 8.60. The van der Waals surface area contributed by atoms with E-state index in [1.54, 1.807) is 17.4 Å². The summed E-state index contributed by atoms with van der Waals surface area (Å²) in [6, 6.07) is 12.0. The Bertz CT molecular complexity index is 1100. The minimum Gasteiger partial charge on any atom is -0.317 e. The molecule has 1 aromatic carbocycles. The molecule has 0 spiro atoms. The summed E-state index contributed by atoms with van der Waals surface area (Å²) in [4.78, 5) is 16.6. The largest absolute Gasteiger partial charge is 0.317 e. The normalized spacial score (nSPS) is 16.0. The molecule has 0 radical (unpaired) electrons. The van der Waals surface area contributed by atoms with E-state index in [1.165, 1.54) is 4.88 Å². The van der Waals surface area contributed by atoms with Gasteiger partial charge in [0.1, 0.15) is 5.65 Å². The van der Waals surface area contributed by atoms with Gasteiger partial charge >= 0.3 is 0 Å². The molecule has 0 unspecified atom stereocenters. The van der Waals surface area contributed by atoms with Crippen LogP contribution in [-0.4, -0.2) is 27.7 Å². The third kappa shape index (κ3) is 2.41. The van der Waals surface area contributed by atoms with Crippen LogP contribution >= 0.6 is 11.3 Å². The first kappa shape index (κ1) is 14.9. The smallest absolute Gasteiger partial charge is 0.251 e. The van der Waals surface area contributed by atoms with Crippen LogP contribution in [0.25, 0.3) is 27.0 Å². The Kier molecular flexibility index (Phi) is 3.46. The van der Waals surface area contributed by atoms with Gasteiger partial charge in [0.2, 0.25) is 0 Å². The van der Waals surface area contributed by atoms with Crippen molar-refractivity contribution in [2.24, 2.45) is 0 Å². The van der Waals surface area contributed by atoms with Crippen LogP contribution in [0.1, 0.15) is 24.5 Å². The van der Waals surface area contributed by atoms with Gasteiger partial charge in [-0.05, 0) is 43.4 Å². The summed E-state index contributed by atoms with van der Waals surface area (Å²) in [5, 5.41) is 11.3. The number of piperidine rings is 1. The second-order valence-electron chi connectivity index (χ2n) is 6.52. The van der Waals surface area contributed by atoms with E-state index in [0.717, 1.165) is 53.7 Å². The second kappa shape index (κ2) is 5.82. The summed E-state index contributed by atoms with van der Waals surface area (Å²) >= 11 is 1.70. The molecule has 0 amide bonds. The number of aromatic nitrogens is 3. The maximum atomic E-state index is 12.4. The number of aromatic amines is 1. The zero-order chi connectivity index (χ0) is 16.8. The minimum atomic E-state index is -0.0520. The number of hydrogen-bond donors (Lipinski definition) is 2. The SMILES string of the molecule is O=c1cc(C2CCNCC2)n2nc3cccc(-c4cccs4)c3c2[nH]1. The molecule has 0 saturated carbocycles. The molecule has 126 valence electrons. The molecule has 4 aromatic rings. The predicted molar refractivity (Wildman–Crippen MR) is 101 cm³/mol. The number of fused-ring (bicyclic) bond motifs is 3. The number of H-pyrrole nitrogens is 1. The molecular formula is C19H18N4OS. The molecule has 5 rings (SSSR count). The van der Waals surface area contributed by atoms with Crippen LogP contribution in [0.5, 0.6) is 0 Å². The van der Waals surface area contributed by atoms with E-state index < -0.39 is 0 Å². The highest BCUT2D eigenvalue weighted by Gasteiger charge is 2.21. The van der Waals surface area contributed by atoms with Crippen molar-refractivity contribution in [1.82, 2.24) is 19.9 Å². The molecule has 1 aliphatic heterocycles. The number of nitrogens with one attached hydrogen (secondary N) is 2. The lowest BCUT2D eigenvalue weighted by molar-refractivity contribution is 0.446. The van der Waals surface area contributed by atoms with Crippen molar-refractivity contribution in [3.05, 3.63) is 57.8 Å². The lowest BCUT2D eigenvalue weighted by Gasteiger charge is -2.23. The van der Waals surface area contributed by atoms with Gasteiger partial charge in [-0.25, -0.2) is 4.52 Å². The molecule has 2 N–H and O–H groups in total. The first-order chi connectivity index (χ1) is 12.3. The van der Waals surface area contributed by atoms with Crippen LogP contribution in [0.15, 0.2) is 46.6 Å². The summed E-state index contributed by atoms with van der Waals surface area (Å²) in [6.45, 7) is 1.97. The lowest BCUT2D eigenvalue weighted by Crippen LogP contribution is -2.28. The molecule has 1 fully saturated rings. The topological polar surface area (TPSA) is 62.2 Å². The van der Waals surface area contributed by atoms with Gasteiger partial charge in [-0.2, -0.15) is 5.10 Å². The molecule has 1 saturated heterocycles. The predicted octanol–water partition coefficient (Wildman–Crippen LogP) is 3.37. The Morgan fingerprint density at radius 3 is 2.84 bits per heavy atom. The fourth-order valence-corrected chi connectivity index (χ4v) is 4.59. The number of rotatable bonds is 2. The van der Waals surface area contributed by atoms with Gasteiger partial charge < -0.3 is 10.3 Å². The van der Waals surface area contributed by atoms with Gasteiger partial charge in [0.05, 0.1) is 16.6 Å². The molecule has 4 heterocycles. The Morgan fingerprint density at radius 1 is 1.16 bits per heavy atom. The first-order valence-corrected chi connectivity index (χ1v) is 9.48. The average molecular weight is 350 g/mol. The number of thiophene rings is 1. The van der Waals surface area contributed by atoms with Crippen LogP contribution in [-0.2, 0) is 0 Å². The van der Waals surface area contributed by atoms with E-state index in [2.05, 4.69) is 27.8 Å². The molecule has 3 aromatic heterocycles. The Hall–Kier alpha value is -2.44. The summed E-state index contributed by atoms with van der Waals surface area (Å²) < 4.78 is 1.96. The number of nitrogens with zero attached hydrogens (tertiary/aromatic N) is 2. The van der Waals surface area contributed by atoms with Crippen LogP contribution in [0.3, 0.4) is 0 Å². The van der Waals surface area contributed by atoms with Crippen LogP contribution in [0.4, 0.5) is 0 Å². The highest BCUT2D eigenvalue weighted by Crippen LogP contribution is 2.34. The van der Waals surface area contributed by atoms with Crippen molar-refractivity contribution >= 4 is 27.9 Å². The van der Waals surface area contributed by atoms with Crippen LogP contribution in [0.2, 0.25) is 0 Å². The van der Waals surface area contributed by atoms with Crippen molar-refractivity contribution in [2.45, 2.75) is 18.8 Å². The minimum absolute atomic E-state index is 0.0520. The Balaban J connectivity index is 1.83. The summed E-state index contributed by atoms with van der Waals surface area (Å²) in [7, 11) is 0. The van der Waals surface area contributed by atoms with Gasteiger partial charge in [0.25, 0.3) is 5.56 Å². The fraction of sp³-hybridized carbons (Fsp3) is 0.263. The van der Waals surface area contributed by atoms with Crippen LogP contribution in [0, 0.1) is 0 Å². The van der Waals surface area contributed by atoms with Crippen molar-refractivity contribution in [3.63, 3.8) is 0 Å².